The molecule has 0 bridgehead atoms. The van der Waals surface area contributed by atoms with Crippen LogP contribution >= 0.6 is 11.6 Å². The maximum atomic E-state index is 14.6. The Kier molecular flexibility index (Phi) is 7.76. The van der Waals surface area contributed by atoms with Gasteiger partial charge in [0.05, 0.1) is 29.3 Å². The summed E-state index contributed by atoms with van der Waals surface area (Å²) in [6, 6.07) is 7.49. The van der Waals surface area contributed by atoms with Crippen LogP contribution in [0.2, 0.25) is 5.02 Å². The monoisotopic (exact) mass is 475 g/mol. The fraction of sp³-hybridized carbons (Fsp3) is 0.360. The summed E-state index contributed by atoms with van der Waals surface area (Å²) in [4.78, 5) is 24.8. The summed E-state index contributed by atoms with van der Waals surface area (Å²) in [5, 5.41) is 19.7. The average molecular weight is 476 g/mol. The highest BCUT2D eigenvalue weighted by Crippen LogP contribution is 2.31. The molecule has 0 unspecified atom stereocenters. The highest BCUT2D eigenvalue weighted by molar-refractivity contribution is 6.30. The Bertz CT molecular complexity index is 1240. The second-order valence-corrected chi connectivity index (χ2v) is 8.65. The molecule has 3 aromatic rings. The van der Waals surface area contributed by atoms with Crippen LogP contribution in [0.1, 0.15) is 61.1 Å². The fourth-order valence-corrected chi connectivity index (χ4v) is 4.11. The van der Waals surface area contributed by atoms with Crippen LogP contribution in [-0.4, -0.2) is 33.5 Å². The number of carboxylic acid groups (broad SMARTS) is 1. The van der Waals surface area contributed by atoms with Crippen LogP contribution in [0.15, 0.2) is 41.3 Å². The number of pyridine rings is 1. The van der Waals surface area contributed by atoms with E-state index in [4.69, 9.17) is 16.3 Å². The molecule has 0 amide bonds. The predicted molar refractivity (Wildman–Crippen MR) is 126 cm³/mol. The van der Waals surface area contributed by atoms with E-state index < -0.39 is 28.8 Å². The lowest BCUT2D eigenvalue weighted by Gasteiger charge is -2.23. The lowest BCUT2D eigenvalue weighted by atomic mass is 9.99. The van der Waals surface area contributed by atoms with Crippen LogP contribution in [0.5, 0.6) is 5.75 Å². The number of aliphatic hydroxyl groups is 1. The van der Waals surface area contributed by atoms with Gasteiger partial charge in [-0.15, -0.1) is 0 Å². The van der Waals surface area contributed by atoms with Crippen LogP contribution in [0.3, 0.4) is 0 Å². The molecule has 0 fully saturated rings. The zero-order valence-electron chi connectivity index (χ0n) is 18.8. The summed E-state index contributed by atoms with van der Waals surface area (Å²) < 4.78 is 22.2. The second-order valence-electron chi connectivity index (χ2n) is 8.24. The van der Waals surface area contributed by atoms with E-state index in [9.17, 15) is 24.2 Å². The van der Waals surface area contributed by atoms with Gasteiger partial charge in [-0.25, -0.2) is 9.18 Å². The van der Waals surface area contributed by atoms with Crippen LogP contribution in [-0.2, 0) is 6.42 Å². The normalized spacial score (nSPS) is 12.3. The number of ether oxygens (including phenoxy) is 1. The summed E-state index contributed by atoms with van der Waals surface area (Å²) in [6.45, 7) is 5.43. The molecule has 1 atom stereocenters. The lowest BCUT2D eigenvalue weighted by Crippen LogP contribution is -2.23. The number of hydrogen-bond donors (Lipinski definition) is 2. The summed E-state index contributed by atoms with van der Waals surface area (Å²) in [6.07, 6.45) is 2.51. The molecule has 6 nitrogen and oxygen atoms in total. The third-order valence-electron chi connectivity index (χ3n) is 5.45. The molecule has 0 saturated carbocycles. The van der Waals surface area contributed by atoms with E-state index in [1.54, 1.807) is 28.8 Å². The van der Waals surface area contributed by atoms with Crippen molar-refractivity contribution in [2.45, 2.75) is 52.2 Å². The number of hydrogen-bond acceptors (Lipinski definition) is 4. The number of nitrogens with zero attached hydrogens (tertiary/aromatic N) is 1. The zero-order valence-corrected chi connectivity index (χ0v) is 19.5. The highest BCUT2D eigenvalue weighted by Gasteiger charge is 2.22. The molecule has 0 aliphatic carbocycles. The van der Waals surface area contributed by atoms with Gasteiger partial charge in [0.1, 0.15) is 17.1 Å². The lowest BCUT2D eigenvalue weighted by molar-refractivity contribution is 0.0694. The third-order valence-corrected chi connectivity index (χ3v) is 5.74. The third kappa shape index (κ3) is 5.20. The molecule has 0 aliphatic heterocycles. The molecule has 0 radical (unpaired) electrons. The first-order chi connectivity index (χ1) is 15.7. The maximum Gasteiger partial charge on any atom is 0.341 e. The van der Waals surface area contributed by atoms with Gasteiger partial charge in [0, 0.05) is 24.1 Å². The first-order valence-corrected chi connectivity index (χ1v) is 11.2. The molecule has 176 valence electrons. The van der Waals surface area contributed by atoms with E-state index in [1.807, 2.05) is 20.8 Å². The number of halogens is 2. The molecule has 1 heterocycles. The Labute approximate surface area is 196 Å². The standard InChI is InChI=1S/C25H27ClFNO5/c1-4-6-17(13-29)28-12-19(25(31)32)24(30)18-10-16(22(11-21(18)28)33-14(2)3)9-15-7-5-8-20(26)23(15)27/h5,7-8,10-12,14,17,29H,4,6,9,13H2,1-3H3,(H,31,32)/t17-/m1/s1. The Balaban J connectivity index is 2.33. The van der Waals surface area contributed by atoms with Gasteiger partial charge in [0.2, 0.25) is 5.43 Å². The minimum absolute atomic E-state index is 0.0134. The number of benzene rings is 2. The van der Waals surface area contributed by atoms with Crippen molar-refractivity contribution in [2.75, 3.05) is 6.61 Å². The molecule has 8 heteroatoms. The number of aromatic carboxylic acids is 1. The Morgan fingerprint density at radius 2 is 1.97 bits per heavy atom. The van der Waals surface area contributed by atoms with E-state index in [1.165, 1.54) is 12.3 Å². The van der Waals surface area contributed by atoms with E-state index in [0.717, 1.165) is 6.42 Å². The average Bonchev–Trinajstić information content (AvgIpc) is 2.76. The van der Waals surface area contributed by atoms with E-state index in [0.29, 0.717) is 28.8 Å². The number of carboxylic acids is 1. The molecule has 0 saturated heterocycles. The second kappa shape index (κ2) is 10.4. The van der Waals surface area contributed by atoms with Crippen molar-refractivity contribution in [2.24, 2.45) is 0 Å². The molecule has 33 heavy (non-hydrogen) atoms. The molecular formula is C25H27ClFNO5. The van der Waals surface area contributed by atoms with Gasteiger partial charge in [-0.3, -0.25) is 4.79 Å². The number of aromatic nitrogens is 1. The van der Waals surface area contributed by atoms with E-state index in [-0.39, 0.29) is 29.5 Å². The van der Waals surface area contributed by atoms with Gasteiger partial charge in [-0.05, 0) is 43.5 Å². The van der Waals surface area contributed by atoms with Crippen LogP contribution in [0, 0.1) is 5.82 Å². The minimum Gasteiger partial charge on any atom is -0.491 e. The SMILES string of the molecule is CCC[C@H](CO)n1cc(C(=O)O)c(=O)c2cc(Cc3cccc(Cl)c3F)c(OC(C)C)cc21. The number of fused-ring (bicyclic) bond motifs is 1. The molecule has 1 aromatic heterocycles. The fourth-order valence-electron chi connectivity index (χ4n) is 3.92. The Morgan fingerprint density at radius 3 is 2.58 bits per heavy atom. The van der Waals surface area contributed by atoms with Crippen LogP contribution in [0.4, 0.5) is 4.39 Å². The molecule has 0 spiro atoms. The van der Waals surface area contributed by atoms with Gasteiger partial charge in [-0.2, -0.15) is 0 Å². The predicted octanol–water partition coefficient (Wildman–Crippen LogP) is 5.20. The van der Waals surface area contributed by atoms with Gasteiger partial charge in [-0.1, -0.05) is 37.1 Å². The van der Waals surface area contributed by atoms with Crippen molar-refractivity contribution in [3.8, 4) is 5.75 Å². The topological polar surface area (TPSA) is 88.8 Å². The molecule has 2 aromatic carbocycles. The number of aliphatic hydroxyl groups excluding tert-OH is 1. The smallest absolute Gasteiger partial charge is 0.341 e. The van der Waals surface area contributed by atoms with Gasteiger partial charge >= 0.3 is 5.97 Å². The van der Waals surface area contributed by atoms with Crippen LogP contribution < -0.4 is 10.2 Å². The van der Waals surface area contributed by atoms with Gasteiger partial charge in [0.15, 0.2) is 0 Å². The Hall–Kier alpha value is -2.90. The van der Waals surface area contributed by atoms with Crippen molar-refractivity contribution < 1.29 is 24.1 Å². The molecule has 2 N–H and O–H groups in total. The molecule has 0 aliphatic rings. The zero-order chi connectivity index (χ0) is 24.3. The molecule has 3 rings (SSSR count). The van der Waals surface area contributed by atoms with Crippen molar-refractivity contribution >= 4 is 28.5 Å². The summed E-state index contributed by atoms with van der Waals surface area (Å²) in [5.41, 5.74) is 0.257. The first-order valence-electron chi connectivity index (χ1n) is 10.8. The summed E-state index contributed by atoms with van der Waals surface area (Å²) in [7, 11) is 0. The first kappa shape index (κ1) is 24.7. The quantitative estimate of drug-likeness (QED) is 0.444. The van der Waals surface area contributed by atoms with E-state index >= 15 is 0 Å². The number of carbonyl (C=O) groups is 1. The largest absolute Gasteiger partial charge is 0.491 e. The number of rotatable bonds is 9. The van der Waals surface area contributed by atoms with Gasteiger partial charge < -0.3 is 19.5 Å². The van der Waals surface area contributed by atoms with Crippen molar-refractivity contribution in [3.63, 3.8) is 0 Å². The van der Waals surface area contributed by atoms with Crippen molar-refractivity contribution in [1.82, 2.24) is 4.57 Å². The summed E-state index contributed by atoms with van der Waals surface area (Å²) >= 11 is 5.93. The van der Waals surface area contributed by atoms with Crippen molar-refractivity contribution in [3.05, 3.63) is 74.3 Å². The molecular weight excluding hydrogens is 449 g/mol. The maximum absolute atomic E-state index is 14.6. The van der Waals surface area contributed by atoms with Crippen LogP contribution in [0.25, 0.3) is 10.9 Å². The highest BCUT2D eigenvalue weighted by atomic mass is 35.5. The van der Waals surface area contributed by atoms with E-state index in [2.05, 4.69) is 0 Å². The minimum atomic E-state index is -1.35. The summed E-state index contributed by atoms with van der Waals surface area (Å²) in [5.74, 6) is -1.47. The Morgan fingerprint density at radius 1 is 1.24 bits per heavy atom. The van der Waals surface area contributed by atoms with Crippen molar-refractivity contribution in [1.29, 1.82) is 0 Å². The van der Waals surface area contributed by atoms with Gasteiger partial charge in [0.25, 0.3) is 0 Å².